The van der Waals surface area contributed by atoms with E-state index in [1.165, 1.54) is 32.4 Å². The number of ether oxygens (including phenoxy) is 2. The van der Waals surface area contributed by atoms with Crippen molar-refractivity contribution in [1.82, 2.24) is 10.2 Å². The summed E-state index contributed by atoms with van der Waals surface area (Å²) in [7, 11) is 1.44. The van der Waals surface area contributed by atoms with E-state index in [0.29, 0.717) is 58.4 Å². The van der Waals surface area contributed by atoms with Crippen LogP contribution < -0.4 is 20.4 Å². The van der Waals surface area contributed by atoms with Crippen molar-refractivity contribution < 1.29 is 38.5 Å². The number of carbonyl (C=O) groups excluding carboxylic acids is 3. The monoisotopic (exact) mass is 668 g/mol. The Bertz CT molecular complexity index is 1900. The number of aliphatic hydroxyl groups excluding tert-OH is 2. The third-order valence-electron chi connectivity index (χ3n) is 11.6. The number of amides is 2. The number of benzene rings is 2. The first-order valence-corrected chi connectivity index (χ1v) is 17.2. The summed E-state index contributed by atoms with van der Waals surface area (Å²) in [6.07, 6.45) is 6.43. The minimum absolute atomic E-state index is 0.0136. The van der Waals surface area contributed by atoms with Gasteiger partial charge in [0, 0.05) is 35.2 Å². The molecule has 4 bridgehead atoms. The first kappa shape index (κ1) is 31.8. The first-order valence-electron chi connectivity index (χ1n) is 17.2. The minimum Gasteiger partial charge on any atom is -0.493 e. The molecule has 2 aromatic carbocycles. The molecule has 11 nitrogen and oxygen atoms in total. The third-order valence-corrected chi connectivity index (χ3v) is 11.6. The Balaban J connectivity index is 1.26. The maximum atomic E-state index is 14.8. The van der Waals surface area contributed by atoms with Gasteiger partial charge in [0.25, 0.3) is 5.91 Å². The fourth-order valence-electron chi connectivity index (χ4n) is 10.1. The normalized spacial score (nSPS) is 30.6. The summed E-state index contributed by atoms with van der Waals surface area (Å²) in [6, 6.07) is 10.6. The van der Waals surface area contributed by atoms with Gasteiger partial charge in [0.15, 0.2) is 11.5 Å². The Labute approximate surface area is 282 Å². The van der Waals surface area contributed by atoms with Crippen LogP contribution in [0.2, 0.25) is 0 Å². The number of carbonyl (C=O) groups is 3. The lowest BCUT2D eigenvalue weighted by atomic mass is 9.49. The SMILES string of the molecule is COc1cc(C=O)cc2c1OC1C2C(C(=O)NCCO)=CC(N(CC23CC4CC(CC(C4)C2)C3)C(=O)c2cc3ccccc3oc2=O)C1O. The van der Waals surface area contributed by atoms with Crippen molar-refractivity contribution >= 4 is 29.1 Å². The molecule has 3 aromatic rings. The molecule has 2 amide bonds. The van der Waals surface area contributed by atoms with Crippen LogP contribution in [-0.4, -0.2) is 78.3 Å². The topological polar surface area (TPSA) is 156 Å². The second-order valence-corrected chi connectivity index (χ2v) is 14.7. The summed E-state index contributed by atoms with van der Waals surface area (Å²) in [5.41, 5.74) is 0.296. The molecule has 4 saturated carbocycles. The fourth-order valence-corrected chi connectivity index (χ4v) is 10.1. The molecule has 4 fully saturated rings. The number of hydrogen-bond acceptors (Lipinski definition) is 9. The van der Waals surface area contributed by atoms with E-state index in [-0.39, 0.29) is 35.5 Å². The van der Waals surface area contributed by atoms with Gasteiger partial charge in [0.2, 0.25) is 5.91 Å². The van der Waals surface area contributed by atoms with E-state index in [1.54, 1.807) is 47.4 Å². The lowest BCUT2D eigenvalue weighted by Gasteiger charge is -2.58. The number of aliphatic hydroxyl groups is 2. The van der Waals surface area contributed by atoms with Crippen molar-refractivity contribution in [1.29, 1.82) is 0 Å². The van der Waals surface area contributed by atoms with Crippen LogP contribution in [-0.2, 0) is 4.79 Å². The van der Waals surface area contributed by atoms with Crippen LogP contribution >= 0.6 is 0 Å². The average molecular weight is 669 g/mol. The summed E-state index contributed by atoms with van der Waals surface area (Å²) < 4.78 is 17.5. The Morgan fingerprint density at radius 1 is 1.08 bits per heavy atom. The van der Waals surface area contributed by atoms with E-state index in [9.17, 15) is 29.4 Å². The standard InChI is InChI=1S/C38H40N2O9/c1-47-30-12-23(18-42)11-25-31-26(35(44)39-6-7-41)14-28(32(43)34(31)49-33(25)30)40(19-38-15-20-8-21(16-38)10-22(9-20)17-38)36(45)27-13-24-4-2-3-5-29(24)48-37(27)46/h2-5,11-14,18,20-22,28,31-32,34,41,43H,6-10,15-17,19H2,1H3,(H,39,44). The van der Waals surface area contributed by atoms with Gasteiger partial charge in [0.05, 0.1) is 25.7 Å². The second-order valence-electron chi connectivity index (χ2n) is 14.7. The largest absolute Gasteiger partial charge is 0.493 e. The molecular formula is C38H40N2O9. The number of fused-ring (bicyclic) bond motifs is 4. The van der Waals surface area contributed by atoms with Crippen molar-refractivity contribution in [2.75, 3.05) is 26.8 Å². The summed E-state index contributed by atoms with van der Waals surface area (Å²) in [6.45, 7) is -0.00168. The smallest absolute Gasteiger partial charge is 0.349 e. The van der Waals surface area contributed by atoms with Crippen LogP contribution in [0.5, 0.6) is 11.5 Å². The molecule has 1 aromatic heterocycles. The molecule has 0 radical (unpaired) electrons. The Morgan fingerprint density at radius 3 is 2.47 bits per heavy atom. The molecule has 4 atom stereocenters. The molecule has 3 N–H and O–H groups in total. The van der Waals surface area contributed by atoms with Gasteiger partial charge < -0.3 is 34.3 Å². The highest BCUT2D eigenvalue weighted by Gasteiger charge is 2.55. The van der Waals surface area contributed by atoms with Crippen molar-refractivity contribution in [3.8, 4) is 11.5 Å². The Morgan fingerprint density at radius 2 is 1.80 bits per heavy atom. The third kappa shape index (κ3) is 5.34. The first-order chi connectivity index (χ1) is 23.7. The molecule has 0 spiro atoms. The highest BCUT2D eigenvalue weighted by molar-refractivity contribution is 5.99. The second kappa shape index (κ2) is 12.1. The van der Waals surface area contributed by atoms with E-state index < -0.39 is 41.6 Å². The summed E-state index contributed by atoms with van der Waals surface area (Å²) in [4.78, 5) is 55.5. The van der Waals surface area contributed by atoms with Crippen molar-refractivity contribution in [3.63, 3.8) is 0 Å². The summed E-state index contributed by atoms with van der Waals surface area (Å²) >= 11 is 0. The van der Waals surface area contributed by atoms with Crippen LogP contribution in [0.3, 0.4) is 0 Å². The number of rotatable bonds is 9. The molecule has 1 aliphatic heterocycles. The van der Waals surface area contributed by atoms with E-state index >= 15 is 0 Å². The molecule has 6 aliphatic rings. The molecule has 11 heteroatoms. The molecule has 0 saturated heterocycles. The van der Waals surface area contributed by atoms with Crippen LogP contribution in [0.25, 0.3) is 11.0 Å². The predicted octanol–water partition coefficient (Wildman–Crippen LogP) is 3.60. The van der Waals surface area contributed by atoms with E-state index in [1.807, 2.05) is 0 Å². The van der Waals surface area contributed by atoms with Crippen LogP contribution in [0, 0.1) is 23.2 Å². The van der Waals surface area contributed by atoms with Crippen LogP contribution in [0.1, 0.15) is 70.7 Å². The molecule has 49 heavy (non-hydrogen) atoms. The molecule has 5 aliphatic carbocycles. The highest BCUT2D eigenvalue weighted by Crippen LogP contribution is 2.60. The van der Waals surface area contributed by atoms with Gasteiger partial charge in [-0.1, -0.05) is 18.2 Å². The van der Waals surface area contributed by atoms with Crippen molar-refractivity contribution in [3.05, 3.63) is 81.2 Å². The zero-order chi connectivity index (χ0) is 34.0. The predicted molar refractivity (Wildman–Crippen MR) is 178 cm³/mol. The molecule has 2 heterocycles. The van der Waals surface area contributed by atoms with Gasteiger partial charge in [-0.2, -0.15) is 0 Å². The number of nitrogens with zero attached hydrogens (tertiary/aromatic N) is 1. The molecule has 4 unspecified atom stereocenters. The Hall–Kier alpha value is -4.48. The Kier molecular flexibility index (Phi) is 7.87. The number of para-hydroxylation sites is 1. The van der Waals surface area contributed by atoms with Gasteiger partial charge in [-0.3, -0.25) is 14.4 Å². The summed E-state index contributed by atoms with van der Waals surface area (Å²) in [5.74, 6) is 0.448. The van der Waals surface area contributed by atoms with Gasteiger partial charge >= 0.3 is 5.63 Å². The van der Waals surface area contributed by atoms with Crippen molar-refractivity contribution in [2.45, 2.75) is 62.7 Å². The van der Waals surface area contributed by atoms with Crippen LogP contribution in [0.15, 0.2) is 63.3 Å². The molecule has 9 rings (SSSR count). The van der Waals surface area contributed by atoms with Gasteiger partial charge in [-0.15, -0.1) is 0 Å². The summed E-state index contributed by atoms with van der Waals surface area (Å²) in [5, 5.41) is 25.1. The van der Waals surface area contributed by atoms with Gasteiger partial charge in [-0.05, 0) is 92.0 Å². The lowest BCUT2D eigenvalue weighted by Crippen LogP contribution is -2.60. The van der Waals surface area contributed by atoms with E-state index in [2.05, 4.69) is 5.32 Å². The van der Waals surface area contributed by atoms with Gasteiger partial charge in [-0.25, -0.2) is 4.79 Å². The number of nitrogens with one attached hydrogen (secondary N) is 1. The average Bonchev–Trinajstić information content (AvgIpc) is 3.48. The quantitative estimate of drug-likeness (QED) is 0.229. The van der Waals surface area contributed by atoms with Crippen molar-refractivity contribution in [2.24, 2.45) is 23.2 Å². The maximum absolute atomic E-state index is 14.8. The highest BCUT2D eigenvalue weighted by atomic mass is 16.5. The molecule has 256 valence electrons. The minimum atomic E-state index is -1.32. The lowest BCUT2D eigenvalue weighted by molar-refractivity contribution is -0.119. The fraction of sp³-hybridized carbons (Fsp3) is 0.474. The number of aldehydes is 1. The van der Waals surface area contributed by atoms with Crippen LogP contribution in [0.4, 0.5) is 0 Å². The zero-order valence-corrected chi connectivity index (χ0v) is 27.3. The van der Waals surface area contributed by atoms with E-state index in [4.69, 9.17) is 13.9 Å². The maximum Gasteiger partial charge on any atom is 0.349 e. The molecular weight excluding hydrogens is 628 g/mol. The van der Waals surface area contributed by atoms with Gasteiger partial charge in [0.1, 0.15) is 29.6 Å². The zero-order valence-electron chi connectivity index (χ0n) is 27.3. The van der Waals surface area contributed by atoms with E-state index in [0.717, 1.165) is 19.3 Å². The number of hydrogen-bond donors (Lipinski definition) is 3. The number of methoxy groups -OCH3 is 1.